The number of benzene rings is 6. The maximum Gasteiger partial charge on any atom is -0.00259 e. The fourth-order valence-corrected chi connectivity index (χ4v) is 6.39. The summed E-state index contributed by atoms with van der Waals surface area (Å²) < 4.78 is 0. The summed E-state index contributed by atoms with van der Waals surface area (Å²) in [5.74, 6) is 0. The summed E-state index contributed by atoms with van der Waals surface area (Å²) in [4.78, 5) is 0. The first kappa shape index (κ1) is 25.7. The lowest BCUT2D eigenvalue weighted by Gasteiger charge is -2.21. The molecule has 6 aromatic rings. The van der Waals surface area contributed by atoms with Gasteiger partial charge in [-0.15, -0.1) is 0 Å². The Bertz CT molecular complexity index is 2100. The molecule has 0 bridgehead atoms. The minimum absolute atomic E-state index is 1.06. The van der Waals surface area contributed by atoms with Crippen LogP contribution < -0.4 is 0 Å². The van der Waals surface area contributed by atoms with Gasteiger partial charge in [-0.25, -0.2) is 0 Å². The van der Waals surface area contributed by atoms with Crippen LogP contribution in [0.3, 0.4) is 0 Å². The van der Waals surface area contributed by atoms with Crippen molar-refractivity contribution in [1.82, 2.24) is 0 Å². The number of hydrogen-bond donors (Lipinski definition) is 0. The highest BCUT2D eigenvalue weighted by Crippen LogP contribution is 2.45. The second-order valence-electron chi connectivity index (χ2n) is 10.9. The largest absolute Gasteiger partial charge is 0.0990 e. The van der Waals surface area contributed by atoms with Gasteiger partial charge in [-0.1, -0.05) is 141 Å². The molecule has 0 unspecified atom stereocenters. The number of rotatable bonds is 6. The van der Waals surface area contributed by atoms with E-state index in [0.717, 1.165) is 24.0 Å². The van der Waals surface area contributed by atoms with Crippen LogP contribution in [-0.4, -0.2) is 0 Å². The lowest BCUT2D eigenvalue weighted by molar-refractivity contribution is 1.04. The summed E-state index contributed by atoms with van der Waals surface area (Å²) in [7, 11) is 0. The van der Waals surface area contributed by atoms with E-state index in [2.05, 4.69) is 141 Å². The van der Waals surface area contributed by atoms with Crippen LogP contribution in [0.15, 0.2) is 159 Å². The van der Waals surface area contributed by atoms with Gasteiger partial charge in [0.15, 0.2) is 0 Å². The second kappa shape index (κ2) is 11.0. The van der Waals surface area contributed by atoms with Gasteiger partial charge >= 0.3 is 0 Å². The molecule has 42 heavy (non-hydrogen) atoms. The van der Waals surface area contributed by atoms with E-state index in [1.165, 1.54) is 65.7 Å². The highest BCUT2D eigenvalue weighted by molar-refractivity contribution is 6.21. The predicted octanol–water partition coefficient (Wildman–Crippen LogP) is 12.0. The molecule has 200 valence electrons. The zero-order chi connectivity index (χ0) is 28.5. The van der Waals surface area contributed by atoms with Gasteiger partial charge < -0.3 is 0 Å². The Kier molecular flexibility index (Phi) is 6.74. The van der Waals surface area contributed by atoms with Gasteiger partial charge in [0, 0.05) is 0 Å². The van der Waals surface area contributed by atoms with Crippen molar-refractivity contribution in [3.05, 3.63) is 170 Å². The van der Waals surface area contributed by atoms with Crippen LogP contribution in [0, 0.1) is 0 Å². The third-order valence-electron chi connectivity index (χ3n) is 8.40. The molecule has 1 aliphatic rings. The average molecular weight is 537 g/mol. The first-order valence-electron chi connectivity index (χ1n) is 14.7. The topological polar surface area (TPSA) is 0 Å². The third kappa shape index (κ3) is 4.52. The van der Waals surface area contributed by atoms with E-state index in [0.29, 0.717) is 0 Å². The molecule has 7 rings (SSSR count). The Balaban J connectivity index is 1.64. The molecule has 0 amide bonds. The summed E-state index contributed by atoms with van der Waals surface area (Å²) in [6, 6.07) is 40.1. The highest BCUT2D eigenvalue weighted by Gasteiger charge is 2.19. The number of hydrogen-bond acceptors (Lipinski definition) is 0. The fraction of sp³-hybridized carbons (Fsp3) is 0.0476. The molecule has 6 aromatic carbocycles. The summed E-state index contributed by atoms with van der Waals surface area (Å²) in [5, 5.41) is 7.54. The number of fused-ring (bicyclic) bond motifs is 3. The molecule has 0 atom stereocenters. The normalized spacial score (nSPS) is 13.4. The van der Waals surface area contributed by atoms with Crippen molar-refractivity contribution in [1.29, 1.82) is 0 Å². The molecule has 0 nitrogen and oxygen atoms in total. The average Bonchev–Trinajstić information content (AvgIpc) is 3.06. The van der Waals surface area contributed by atoms with Crippen LogP contribution in [0.2, 0.25) is 0 Å². The molecule has 0 heterocycles. The van der Waals surface area contributed by atoms with Crippen LogP contribution in [0.5, 0.6) is 0 Å². The first-order valence-corrected chi connectivity index (χ1v) is 14.7. The molecule has 0 radical (unpaired) electrons. The van der Waals surface area contributed by atoms with Gasteiger partial charge in [0.05, 0.1) is 0 Å². The van der Waals surface area contributed by atoms with Gasteiger partial charge in [-0.05, 0) is 108 Å². The molecule has 0 saturated heterocycles. The Morgan fingerprint density at radius 3 is 2.10 bits per heavy atom. The maximum absolute atomic E-state index is 4.10. The van der Waals surface area contributed by atoms with Crippen LogP contribution in [-0.2, 0) is 0 Å². The minimum Gasteiger partial charge on any atom is -0.0990 e. The van der Waals surface area contributed by atoms with Gasteiger partial charge in [0.25, 0.3) is 0 Å². The van der Waals surface area contributed by atoms with Crippen LogP contribution in [0.4, 0.5) is 0 Å². The molecule has 0 aromatic heterocycles. The summed E-state index contributed by atoms with van der Waals surface area (Å²) in [6.45, 7) is 8.04. The van der Waals surface area contributed by atoms with Gasteiger partial charge in [0.2, 0.25) is 0 Å². The van der Waals surface area contributed by atoms with Crippen LogP contribution in [0.1, 0.15) is 24.0 Å². The van der Waals surface area contributed by atoms with E-state index < -0.39 is 0 Å². The zero-order valence-electron chi connectivity index (χ0n) is 23.7. The molecule has 0 fully saturated rings. The smallest absolute Gasteiger partial charge is 0.00259 e. The van der Waals surface area contributed by atoms with Crippen molar-refractivity contribution in [3.8, 4) is 22.3 Å². The Morgan fingerprint density at radius 1 is 0.571 bits per heavy atom. The van der Waals surface area contributed by atoms with E-state index in [4.69, 9.17) is 0 Å². The van der Waals surface area contributed by atoms with Crippen molar-refractivity contribution in [2.75, 3.05) is 0 Å². The Morgan fingerprint density at radius 2 is 1.31 bits per heavy atom. The molecule has 0 saturated carbocycles. The molecular formula is C42H32. The van der Waals surface area contributed by atoms with Gasteiger partial charge in [0.1, 0.15) is 0 Å². The molecule has 0 spiro atoms. The molecule has 0 N–H and O–H groups in total. The third-order valence-corrected chi connectivity index (χ3v) is 8.40. The molecule has 0 aliphatic heterocycles. The van der Waals surface area contributed by atoms with E-state index >= 15 is 0 Å². The standard InChI is InChI=1S/C42H32/c1-3-13-29(4-2)34-22-24-37-40(27-34)42(36-21-20-31-16-11-12-19-33(31)26-36)38-25-23-35(30-14-7-5-8-15-30)28-39(38)41(37)32-17-9-6-10-18-32/h3-5,7-9,11-28H,1-2,6,10H2/b29-13+. The van der Waals surface area contributed by atoms with E-state index in [1.54, 1.807) is 0 Å². The summed E-state index contributed by atoms with van der Waals surface area (Å²) >= 11 is 0. The molecular weight excluding hydrogens is 504 g/mol. The maximum atomic E-state index is 4.10. The van der Waals surface area contributed by atoms with Crippen molar-refractivity contribution in [2.24, 2.45) is 0 Å². The lowest BCUT2D eigenvalue weighted by atomic mass is 9.82. The predicted molar refractivity (Wildman–Crippen MR) is 185 cm³/mol. The van der Waals surface area contributed by atoms with E-state index in [1.807, 2.05) is 18.2 Å². The SMILES string of the molecule is C=C/C=C(\C=C)c1ccc2c(C3=CCCC=C3)c3cc(-c4ccccc4)ccc3c(-c3ccc4ccccc4c3)c2c1. The van der Waals surface area contributed by atoms with Crippen LogP contribution >= 0.6 is 0 Å². The van der Waals surface area contributed by atoms with Crippen LogP contribution in [0.25, 0.3) is 65.7 Å². The monoisotopic (exact) mass is 536 g/mol. The second-order valence-corrected chi connectivity index (χ2v) is 10.9. The van der Waals surface area contributed by atoms with Crippen molar-refractivity contribution < 1.29 is 0 Å². The molecule has 0 heteroatoms. The summed E-state index contributed by atoms with van der Waals surface area (Å²) in [6.07, 6.45) is 14.9. The van der Waals surface area contributed by atoms with Crippen molar-refractivity contribution >= 4 is 43.5 Å². The van der Waals surface area contributed by atoms with Crippen molar-refractivity contribution in [3.63, 3.8) is 0 Å². The van der Waals surface area contributed by atoms with E-state index in [9.17, 15) is 0 Å². The Hall–Kier alpha value is -5.20. The number of allylic oxidation sites excluding steroid dienone is 8. The minimum atomic E-state index is 1.06. The summed E-state index contributed by atoms with van der Waals surface area (Å²) in [5.41, 5.74) is 9.74. The van der Waals surface area contributed by atoms with E-state index in [-0.39, 0.29) is 0 Å². The zero-order valence-corrected chi connectivity index (χ0v) is 23.7. The fourth-order valence-electron chi connectivity index (χ4n) is 6.39. The first-order chi connectivity index (χ1) is 20.7. The quantitative estimate of drug-likeness (QED) is 0.147. The lowest BCUT2D eigenvalue weighted by Crippen LogP contribution is -1.96. The van der Waals surface area contributed by atoms with Crippen molar-refractivity contribution in [2.45, 2.75) is 12.8 Å². The van der Waals surface area contributed by atoms with Gasteiger partial charge in [-0.2, -0.15) is 0 Å². The molecule has 1 aliphatic carbocycles. The Labute approximate surface area is 248 Å². The van der Waals surface area contributed by atoms with Gasteiger partial charge in [-0.3, -0.25) is 0 Å². The highest BCUT2D eigenvalue weighted by atomic mass is 14.2.